The summed E-state index contributed by atoms with van der Waals surface area (Å²) in [6.07, 6.45) is 0. The van der Waals surface area contributed by atoms with E-state index in [-0.39, 0.29) is 16.8 Å². The Morgan fingerprint density at radius 3 is 1.10 bits per heavy atom. The molecule has 0 spiro atoms. The fourth-order valence-electron chi connectivity index (χ4n) is 2.87. The minimum absolute atomic E-state index is 0.377. The Balaban J connectivity index is 5.87. The topological polar surface area (TPSA) is 46.2 Å². The fraction of sp³-hybridized carbons (Fsp3) is 1.00. The summed E-state index contributed by atoms with van der Waals surface area (Å²) in [6.45, 7) is 30.8. The van der Waals surface area contributed by atoms with Gasteiger partial charge in [-0.2, -0.15) is 0 Å². The molecule has 0 aromatic rings. The molecule has 7 heteroatoms. The van der Waals surface area contributed by atoms with Gasteiger partial charge in [-0.05, 0) is 86.7 Å². The van der Waals surface area contributed by atoms with Gasteiger partial charge in [-0.15, -0.1) is 0 Å². The maximum atomic E-state index is 6.63. The Bertz CT molecular complexity index is 434. The monoisotopic (exact) mass is 464 g/mol. The molecule has 182 valence electrons. The first kappa shape index (κ1) is 30.2. The predicted molar refractivity (Wildman–Crippen MR) is 131 cm³/mol. The highest BCUT2D eigenvalue weighted by atomic mass is 28.4. The van der Waals surface area contributed by atoms with Crippen molar-refractivity contribution in [3.8, 4) is 0 Å². The quantitative estimate of drug-likeness (QED) is 0.298. The molecule has 5 nitrogen and oxygen atoms in total. The lowest BCUT2D eigenvalue weighted by molar-refractivity contribution is -0.0749. The average Bonchev–Trinajstić information content (AvgIpc) is 2.44. The van der Waals surface area contributed by atoms with Crippen LogP contribution < -0.4 is 0 Å². The van der Waals surface area contributed by atoms with Crippen molar-refractivity contribution in [2.45, 2.75) is 125 Å². The predicted octanol–water partition coefficient (Wildman–Crippen LogP) is 6.79. The summed E-state index contributed by atoms with van der Waals surface area (Å²) >= 11 is 0. The van der Waals surface area contributed by atoms with Crippen LogP contribution in [0, 0.1) is 11.8 Å². The Morgan fingerprint density at radius 1 is 0.567 bits per heavy atom. The highest BCUT2D eigenvalue weighted by molar-refractivity contribution is 6.69. The minimum Gasteiger partial charge on any atom is -0.394 e. The van der Waals surface area contributed by atoms with E-state index in [1.807, 2.05) is 0 Å². The highest BCUT2D eigenvalue weighted by Crippen LogP contribution is 2.35. The molecule has 0 aliphatic heterocycles. The first-order valence-corrected chi connectivity index (χ1v) is 16.0. The molecule has 0 fully saturated rings. The first-order valence-electron chi connectivity index (χ1n) is 11.5. The zero-order valence-corrected chi connectivity index (χ0v) is 24.5. The van der Waals surface area contributed by atoms with Crippen molar-refractivity contribution in [3.05, 3.63) is 0 Å². The van der Waals surface area contributed by atoms with Gasteiger partial charge >= 0.3 is 17.4 Å². The van der Waals surface area contributed by atoms with Crippen LogP contribution in [0.2, 0.25) is 18.6 Å². The van der Waals surface area contributed by atoms with Crippen LogP contribution in [-0.4, -0.2) is 47.4 Å². The van der Waals surface area contributed by atoms with Gasteiger partial charge in [0.1, 0.15) is 0 Å². The van der Waals surface area contributed by atoms with Crippen molar-refractivity contribution in [2.24, 2.45) is 11.8 Å². The molecule has 0 aliphatic rings. The van der Waals surface area contributed by atoms with Crippen molar-refractivity contribution in [1.29, 1.82) is 0 Å². The fourth-order valence-corrected chi connectivity index (χ4v) is 10.9. The summed E-state index contributed by atoms with van der Waals surface area (Å²) in [5.41, 5.74) is -1.13. The molecule has 0 heterocycles. The minimum atomic E-state index is -3.05. The van der Waals surface area contributed by atoms with Crippen molar-refractivity contribution < 1.29 is 22.1 Å². The van der Waals surface area contributed by atoms with E-state index in [4.69, 9.17) is 22.1 Å². The van der Waals surface area contributed by atoms with Crippen LogP contribution in [0.15, 0.2) is 0 Å². The van der Waals surface area contributed by atoms with Crippen LogP contribution in [0.4, 0.5) is 0 Å². The number of hydrogen-bond donors (Lipinski definition) is 0. The van der Waals surface area contributed by atoms with Gasteiger partial charge in [0.05, 0.1) is 16.8 Å². The molecule has 0 aliphatic carbocycles. The van der Waals surface area contributed by atoms with Crippen molar-refractivity contribution >= 4 is 17.4 Å². The van der Waals surface area contributed by atoms with Crippen molar-refractivity contribution in [1.82, 2.24) is 0 Å². The molecule has 0 saturated carbocycles. The van der Waals surface area contributed by atoms with Gasteiger partial charge in [0.25, 0.3) is 0 Å². The van der Waals surface area contributed by atoms with Gasteiger partial charge in [0.15, 0.2) is 0 Å². The first-order chi connectivity index (χ1) is 13.2. The third kappa shape index (κ3) is 15.1. The molecule has 0 atom stereocenters. The lowest BCUT2D eigenvalue weighted by atomic mass is 10.2. The molecule has 0 radical (unpaired) electrons. The molecule has 0 bridgehead atoms. The molecule has 0 aromatic heterocycles. The molecular formula is C23H52O5Si2. The third-order valence-corrected chi connectivity index (χ3v) is 10.6. The second-order valence-electron chi connectivity index (χ2n) is 12.4. The van der Waals surface area contributed by atoms with E-state index in [1.165, 1.54) is 0 Å². The summed E-state index contributed by atoms with van der Waals surface area (Å²) in [5.74, 6) is 0.924. The van der Waals surface area contributed by atoms with Crippen LogP contribution in [0.3, 0.4) is 0 Å². The van der Waals surface area contributed by atoms with Crippen LogP contribution >= 0.6 is 0 Å². The maximum Gasteiger partial charge on any atom is 0.502 e. The standard InChI is InChI=1S/C23H52O5Si2/c1-19(2)17-24-29(14,25-18-20(3)4)15-16-30(26-21(5,6)7,27-22(8,9)10)28-23(11,12)13/h19-20H,15-18H2,1-14H3. The van der Waals surface area contributed by atoms with Gasteiger partial charge in [-0.25, -0.2) is 0 Å². The third-order valence-electron chi connectivity index (χ3n) is 3.71. The van der Waals surface area contributed by atoms with Crippen LogP contribution in [0.1, 0.15) is 90.0 Å². The molecule has 0 aromatic carbocycles. The molecule has 0 N–H and O–H groups in total. The van der Waals surface area contributed by atoms with Crippen LogP contribution in [0.25, 0.3) is 0 Å². The zero-order valence-electron chi connectivity index (χ0n) is 22.5. The summed E-state index contributed by atoms with van der Waals surface area (Å²) in [6, 6.07) is 1.46. The van der Waals surface area contributed by atoms with Crippen LogP contribution in [0.5, 0.6) is 0 Å². The average molecular weight is 465 g/mol. The van der Waals surface area contributed by atoms with E-state index in [9.17, 15) is 0 Å². The van der Waals surface area contributed by atoms with Gasteiger partial charge in [-0.1, -0.05) is 27.7 Å². The summed E-state index contributed by atoms with van der Waals surface area (Å²) < 4.78 is 32.7. The smallest absolute Gasteiger partial charge is 0.394 e. The SMILES string of the molecule is CC(C)CO[Si](C)(CC[Si](OC(C)(C)C)(OC(C)(C)C)OC(C)(C)C)OCC(C)C. The normalized spacial score (nSPS) is 14.8. The van der Waals surface area contributed by atoms with E-state index in [1.54, 1.807) is 0 Å². The van der Waals surface area contributed by atoms with E-state index in [0.717, 1.165) is 6.04 Å². The molecule has 30 heavy (non-hydrogen) atoms. The van der Waals surface area contributed by atoms with Crippen LogP contribution in [-0.2, 0) is 22.1 Å². The largest absolute Gasteiger partial charge is 0.502 e. The Labute approximate surface area is 190 Å². The Hall–Kier alpha value is 0.234. The van der Waals surface area contributed by atoms with Gasteiger partial charge in [-0.3, -0.25) is 0 Å². The summed E-state index contributed by atoms with van der Waals surface area (Å²) in [7, 11) is -5.47. The molecule has 0 amide bonds. The second-order valence-corrected chi connectivity index (χ2v) is 18.2. The lowest BCUT2D eigenvalue weighted by Gasteiger charge is -2.44. The van der Waals surface area contributed by atoms with E-state index < -0.39 is 17.4 Å². The summed E-state index contributed by atoms with van der Waals surface area (Å²) in [4.78, 5) is 0. The van der Waals surface area contributed by atoms with Crippen molar-refractivity contribution in [2.75, 3.05) is 13.2 Å². The Morgan fingerprint density at radius 2 is 0.867 bits per heavy atom. The second kappa shape index (κ2) is 11.4. The zero-order chi connectivity index (χ0) is 24.0. The van der Waals surface area contributed by atoms with E-state index in [0.29, 0.717) is 31.1 Å². The molecule has 0 unspecified atom stereocenters. The molecule has 0 saturated heterocycles. The number of rotatable bonds is 12. The summed E-state index contributed by atoms with van der Waals surface area (Å²) in [5, 5.41) is 0. The van der Waals surface area contributed by atoms with Gasteiger partial charge < -0.3 is 22.1 Å². The highest BCUT2D eigenvalue weighted by Gasteiger charge is 2.52. The van der Waals surface area contributed by atoms with Crippen molar-refractivity contribution in [3.63, 3.8) is 0 Å². The van der Waals surface area contributed by atoms with Gasteiger partial charge in [0, 0.05) is 19.3 Å². The van der Waals surface area contributed by atoms with E-state index >= 15 is 0 Å². The Kier molecular flexibility index (Phi) is 11.5. The van der Waals surface area contributed by atoms with Gasteiger partial charge in [0.2, 0.25) is 0 Å². The van der Waals surface area contributed by atoms with E-state index in [2.05, 4.69) is 96.6 Å². The lowest BCUT2D eigenvalue weighted by Crippen LogP contribution is -2.58. The molecular weight excluding hydrogens is 412 g/mol. The number of hydrogen-bond acceptors (Lipinski definition) is 5. The maximum absolute atomic E-state index is 6.63. The molecule has 0 rings (SSSR count).